The molecular weight excluding hydrogens is 194 g/mol. The van der Waals surface area contributed by atoms with Crippen molar-refractivity contribution in [3.05, 3.63) is 0 Å². The number of likely N-dealkylation sites (N-methyl/N-ethyl adjacent to an activating group) is 1. The van der Waals surface area contributed by atoms with Crippen LogP contribution in [0.3, 0.4) is 0 Å². The van der Waals surface area contributed by atoms with Crippen LogP contribution in [0.2, 0.25) is 0 Å². The van der Waals surface area contributed by atoms with Gasteiger partial charge in [-0.2, -0.15) is 11.8 Å². The van der Waals surface area contributed by atoms with Gasteiger partial charge in [0.25, 0.3) is 0 Å². The standard InChI is InChI=1S/C11H23NOS/c1-4-9(8-14-3)12(2)10-6-5-7-11(10)13/h9-11,13H,4-8H2,1-3H3/t9?,10-,11-/m0/s1. The fourth-order valence-electron chi connectivity index (χ4n) is 2.38. The minimum Gasteiger partial charge on any atom is -0.391 e. The van der Waals surface area contributed by atoms with Gasteiger partial charge in [0.2, 0.25) is 0 Å². The Morgan fingerprint density at radius 1 is 1.50 bits per heavy atom. The van der Waals surface area contributed by atoms with Gasteiger partial charge in [-0.3, -0.25) is 4.90 Å². The molecule has 0 bridgehead atoms. The number of hydrogen-bond acceptors (Lipinski definition) is 3. The van der Waals surface area contributed by atoms with Crippen LogP contribution in [0.1, 0.15) is 32.6 Å². The van der Waals surface area contributed by atoms with Crippen molar-refractivity contribution in [3.63, 3.8) is 0 Å². The second kappa shape index (κ2) is 5.99. The summed E-state index contributed by atoms with van der Waals surface area (Å²) in [5.41, 5.74) is 0. The first-order valence-electron chi connectivity index (χ1n) is 5.59. The average molecular weight is 217 g/mol. The summed E-state index contributed by atoms with van der Waals surface area (Å²) >= 11 is 1.90. The van der Waals surface area contributed by atoms with E-state index < -0.39 is 0 Å². The predicted octanol–water partition coefficient (Wildman–Crippen LogP) is 1.97. The third-order valence-electron chi connectivity index (χ3n) is 3.37. The van der Waals surface area contributed by atoms with Crippen molar-refractivity contribution < 1.29 is 5.11 Å². The molecule has 1 rings (SSSR count). The average Bonchev–Trinajstić information content (AvgIpc) is 2.59. The lowest BCUT2D eigenvalue weighted by atomic mass is 10.1. The predicted molar refractivity (Wildman–Crippen MR) is 63.9 cm³/mol. The lowest BCUT2D eigenvalue weighted by molar-refractivity contribution is 0.0659. The van der Waals surface area contributed by atoms with E-state index >= 15 is 0 Å². The number of nitrogens with zero attached hydrogens (tertiary/aromatic N) is 1. The van der Waals surface area contributed by atoms with Crippen LogP contribution in [0.5, 0.6) is 0 Å². The lowest BCUT2D eigenvalue weighted by Gasteiger charge is -2.33. The van der Waals surface area contributed by atoms with Gasteiger partial charge in [-0.05, 0) is 39.0 Å². The fraction of sp³-hybridized carbons (Fsp3) is 1.00. The van der Waals surface area contributed by atoms with Gasteiger partial charge in [0.15, 0.2) is 0 Å². The fourth-order valence-corrected chi connectivity index (χ4v) is 3.24. The van der Waals surface area contributed by atoms with E-state index in [9.17, 15) is 5.11 Å². The quantitative estimate of drug-likeness (QED) is 0.761. The Hall–Kier alpha value is 0.270. The summed E-state index contributed by atoms with van der Waals surface area (Å²) < 4.78 is 0. The van der Waals surface area contributed by atoms with Crippen LogP contribution in [0.4, 0.5) is 0 Å². The Labute approximate surface area is 92.1 Å². The Kier molecular flexibility index (Phi) is 5.28. The zero-order valence-corrected chi connectivity index (χ0v) is 10.4. The molecule has 0 radical (unpaired) electrons. The normalized spacial score (nSPS) is 29.8. The van der Waals surface area contributed by atoms with Crippen molar-refractivity contribution in [2.45, 2.75) is 50.8 Å². The smallest absolute Gasteiger partial charge is 0.0695 e. The van der Waals surface area contributed by atoms with E-state index in [1.54, 1.807) is 0 Å². The summed E-state index contributed by atoms with van der Waals surface area (Å²) in [6.45, 7) is 2.23. The molecule has 3 atom stereocenters. The topological polar surface area (TPSA) is 23.5 Å². The second-order valence-electron chi connectivity index (χ2n) is 4.25. The van der Waals surface area contributed by atoms with Crippen molar-refractivity contribution in [2.24, 2.45) is 0 Å². The van der Waals surface area contributed by atoms with Crippen molar-refractivity contribution in [3.8, 4) is 0 Å². The second-order valence-corrected chi connectivity index (χ2v) is 5.16. The maximum absolute atomic E-state index is 9.82. The summed E-state index contributed by atoms with van der Waals surface area (Å²) in [4.78, 5) is 2.40. The molecule has 0 aliphatic heterocycles. The highest BCUT2D eigenvalue weighted by molar-refractivity contribution is 7.98. The minimum atomic E-state index is -0.0871. The van der Waals surface area contributed by atoms with Gasteiger partial charge in [-0.15, -0.1) is 0 Å². The largest absolute Gasteiger partial charge is 0.391 e. The molecule has 14 heavy (non-hydrogen) atoms. The third kappa shape index (κ3) is 2.88. The van der Waals surface area contributed by atoms with Crippen molar-refractivity contribution >= 4 is 11.8 Å². The zero-order chi connectivity index (χ0) is 10.6. The van der Waals surface area contributed by atoms with Gasteiger partial charge in [0, 0.05) is 17.8 Å². The van der Waals surface area contributed by atoms with Crippen molar-refractivity contribution in [2.75, 3.05) is 19.1 Å². The van der Waals surface area contributed by atoms with Gasteiger partial charge < -0.3 is 5.11 Å². The van der Waals surface area contributed by atoms with Gasteiger partial charge in [0.1, 0.15) is 0 Å². The highest BCUT2D eigenvalue weighted by Crippen LogP contribution is 2.26. The minimum absolute atomic E-state index is 0.0871. The van der Waals surface area contributed by atoms with Gasteiger partial charge in [0.05, 0.1) is 6.10 Å². The van der Waals surface area contributed by atoms with Gasteiger partial charge in [-0.25, -0.2) is 0 Å². The lowest BCUT2D eigenvalue weighted by Crippen LogP contribution is -2.45. The molecule has 1 aliphatic carbocycles. The zero-order valence-electron chi connectivity index (χ0n) is 9.57. The molecule has 0 amide bonds. The monoisotopic (exact) mass is 217 g/mol. The van der Waals surface area contributed by atoms with Crippen LogP contribution < -0.4 is 0 Å². The maximum atomic E-state index is 9.82. The Morgan fingerprint density at radius 2 is 2.21 bits per heavy atom. The molecule has 1 unspecified atom stereocenters. The summed E-state index contributed by atoms with van der Waals surface area (Å²) in [6.07, 6.45) is 6.59. The number of hydrogen-bond donors (Lipinski definition) is 1. The van der Waals surface area contributed by atoms with Crippen LogP contribution in [0.15, 0.2) is 0 Å². The molecule has 2 nitrogen and oxygen atoms in total. The highest BCUT2D eigenvalue weighted by Gasteiger charge is 2.31. The van der Waals surface area contributed by atoms with Crippen molar-refractivity contribution in [1.82, 2.24) is 4.90 Å². The number of rotatable bonds is 5. The van der Waals surface area contributed by atoms with Crippen LogP contribution >= 0.6 is 11.8 Å². The number of thioether (sulfide) groups is 1. The molecule has 0 aromatic carbocycles. The van der Waals surface area contributed by atoms with Crippen molar-refractivity contribution in [1.29, 1.82) is 0 Å². The van der Waals surface area contributed by atoms with Crippen LogP contribution in [0.25, 0.3) is 0 Å². The molecule has 0 spiro atoms. The first-order chi connectivity index (χ1) is 6.70. The van der Waals surface area contributed by atoms with E-state index in [0.29, 0.717) is 12.1 Å². The first kappa shape index (κ1) is 12.3. The van der Waals surface area contributed by atoms with E-state index in [0.717, 1.165) is 6.42 Å². The first-order valence-corrected chi connectivity index (χ1v) is 6.99. The number of aliphatic hydroxyl groups is 1. The van der Waals surface area contributed by atoms with Gasteiger partial charge >= 0.3 is 0 Å². The molecule has 1 saturated carbocycles. The van der Waals surface area contributed by atoms with E-state index in [1.807, 2.05) is 11.8 Å². The van der Waals surface area contributed by atoms with E-state index in [1.165, 1.54) is 25.0 Å². The molecule has 1 N–H and O–H groups in total. The Balaban J connectivity index is 2.48. The highest BCUT2D eigenvalue weighted by atomic mass is 32.2. The molecule has 0 aromatic heterocycles. The molecular formula is C11H23NOS. The number of aliphatic hydroxyl groups excluding tert-OH is 1. The summed E-state index contributed by atoms with van der Waals surface area (Å²) in [5, 5.41) is 9.82. The third-order valence-corrected chi connectivity index (χ3v) is 4.09. The van der Waals surface area contributed by atoms with Gasteiger partial charge in [-0.1, -0.05) is 6.92 Å². The molecule has 0 aromatic rings. The summed E-state index contributed by atoms with van der Waals surface area (Å²) in [7, 11) is 2.17. The maximum Gasteiger partial charge on any atom is 0.0695 e. The molecule has 1 aliphatic rings. The van der Waals surface area contributed by atoms with Crippen LogP contribution in [-0.2, 0) is 0 Å². The molecule has 1 fully saturated rings. The van der Waals surface area contributed by atoms with E-state index in [-0.39, 0.29) is 6.10 Å². The molecule has 0 saturated heterocycles. The Morgan fingerprint density at radius 3 is 2.64 bits per heavy atom. The Bertz CT molecular complexity index is 165. The van der Waals surface area contributed by atoms with E-state index in [4.69, 9.17) is 0 Å². The van der Waals surface area contributed by atoms with Crippen LogP contribution in [-0.4, -0.2) is 47.3 Å². The molecule has 84 valence electrons. The van der Waals surface area contributed by atoms with E-state index in [2.05, 4.69) is 25.1 Å². The molecule has 0 heterocycles. The SMILES string of the molecule is CCC(CSC)N(C)[C@H]1CCC[C@@H]1O. The molecule has 3 heteroatoms. The van der Waals surface area contributed by atoms with Crippen LogP contribution in [0, 0.1) is 0 Å². The summed E-state index contributed by atoms with van der Waals surface area (Å²) in [5.74, 6) is 1.18. The summed E-state index contributed by atoms with van der Waals surface area (Å²) in [6, 6.07) is 1.04.